The summed E-state index contributed by atoms with van der Waals surface area (Å²) in [5.74, 6) is 1.27. The van der Waals surface area contributed by atoms with E-state index < -0.39 is 4.92 Å². The van der Waals surface area contributed by atoms with Gasteiger partial charge < -0.3 is 10.2 Å². The molecule has 0 radical (unpaired) electrons. The van der Waals surface area contributed by atoms with E-state index in [1.54, 1.807) is 0 Å². The molecule has 0 bridgehead atoms. The highest BCUT2D eigenvalue weighted by Gasteiger charge is 2.16. The Hall–Kier alpha value is -2.77. The summed E-state index contributed by atoms with van der Waals surface area (Å²) in [6, 6.07) is 4.89. The Labute approximate surface area is 141 Å². The number of anilines is 3. The van der Waals surface area contributed by atoms with Crippen LogP contribution in [0.1, 0.15) is 32.9 Å². The number of aryl methyl sites for hydroxylation is 1. The number of nitro groups is 1. The van der Waals surface area contributed by atoms with Crippen molar-refractivity contribution in [3.63, 3.8) is 0 Å². The molecule has 8 nitrogen and oxygen atoms in total. The predicted octanol–water partition coefficient (Wildman–Crippen LogP) is 3.32. The van der Waals surface area contributed by atoms with Gasteiger partial charge in [-0.3, -0.25) is 10.1 Å². The second kappa shape index (κ2) is 8.19. The Bertz CT molecular complexity index is 703. The largest absolute Gasteiger partial charge is 0.357 e. The molecule has 128 valence electrons. The van der Waals surface area contributed by atoms with Crippen molar-refractivity contribution in [2.45, 2.75) is 33.6 Å². The molecule has 0 fully saturated rings. The van der Waals surface area contributed by atoms with E-state index in [9.17, 15) is 10.1 Å². The van der Waals surface area contributed by atoms with E-state index in [4.69, 9.17) is 0 Å². The lowest BCUT2D eigenvalue weighted by molar-refractivity contribution is -0.384. The fourth-order valence-corrected chi connectivity index (χ4v) is 2.38. The van der Waals surface area contributed by atoms with E-state index in [2.05, 4.69) is 45.9 Å². The Morgan fingerprint density at radius 3 is 2.62 bits per heavy atom. The highest BCUT2D eigenvalue weighted by molar-refractivity contribution is 5.62. The third kappa shape index (κ3) is 4.15. The van der Waals surface area contributed by atoms with Crippen LogP contribution in [0.2, 0.25) is 0 Å². The van der Waals surface area contributed by atoms with Crippen LogP contribution < -0.4 is 10.2 Å². The maximum atomic E-state index is 11.1. The van der Waals surface area contributed by atoms with Gasteiger partial charge in [-0.25, -0.2) is 9.97 Å². The molecular weight excluding hydrogens is 308 g/mol. The summed E-state index contributed by atoms with van der Waals surface area (Å²) in [6.07, 6.45) is 3.27. The number of hydrogen-bond donors (Lipinski definition) is 1. The van der Waals surface area contributed by atoms with Gasteiger partial charge in [-0.15, -0.1) is 0 Å². The second-order valence-corrected chi connectivity index (χ2v) is 5.22. The fraction of sp³-hybridized carbons (Fsp3) is 0.438. The van der Waals surface area contributed by atoms with E-state index in [1.165, 1.54) is 18.3 Å². The van der Waals surface area contributed by atoms with Crippen LogP contribution in [0.3, 0.4) is 0 Å². The topological polar surface area (TPSA) is 97.1 Å². The normalized spacial score (nSPS) is 10.5. The van der Waals surface area contributed by atoms with Crippen molar-refractivity contribution in [2.24, 2.45) is 0 Å². The van der Waals surface area contributed by atoms with Gasteiger partial charge in [0.25, 0.3) is 0 Å². The molecule has 0 saturated carbocycles. The van der Waals surface area contributed by atoms with Crippen LogP contribution in [-0.4, -0.2) is 33.0 Å². The molecule has 8 heteroatoms. The Morgan fingerprint density at radius 1 is 1.25 bits per heavy atom. The smallest absolute Gasteiger partial charge is 0.311 e. The lowest BCUT2D eigenvalue weighted by Crippen LogP contribution is -2.23. The molecule has 0 aliphatic carbocycles. The highest BCUT2D eigenvalue weighted by Crippen LogP contribution is 2.24. The zero-order chi connectivity index (χ0) is 17.5. The van der Waals surface area contributed by atoms with Gasteiger partial charge in [0.15, 0.2) is 0 Å². The molecule has 0 aliphatic heterocycles. The first kappa shape index (κ1) is 17.6. The SMILES string of the molecule is CCCc1cc(N(CC)CC)nc(Nc2ncccc2[N+](=O)[O-])n1. The van der Waals surface area contributed by atoms with Crippen LogP contribution in [0, 0.1) is 10.1 Å². The molecule has 2 aromatic heterocycles. The van der Waals surface area contributed by atoms with Gasteiger partial charge in [0.1, 0.15) is 5.82 Å². The van der Waals surface area contributed by atoms with Crippen LogP contribution >= 0.6 is 0 Å². The molecule has 0 aromatic carbocycles. The third-order valence-corrected chi connectivity index (χ3v) is 3.57. The molecule has 2 aromatic rings. The molecule has 0 atom stereocenters. The summed E-state index contributed by atoms with van der Waals surface area (Å²) in [5, 5.41) is 14.0. The van der Waals surface area contributed by atoms with Crippen molar-refractivity contribution in [1.29, 1.82) is 0 Å². The molecular formula is C16H22N6O2. The molecule has 24 heavy (non-hydrogen) atoms. The van der Waals surface area contributed by atoms with Crippen molar-refractivity contribution in [1.82, 2.24) is 15.0 Å². The average molecular weight is 330 g/mol. The summed E-state index contributed by atoms with van der Waals surface area (Å²) in [5.41, 5.74) is 0.793. The number of hydrogen-bond acceptors (Lipinski definition) is 7. The van der Waals surface area contributed by atoms with Gasteiger partial charge in [-0.2, -0.15) is 4.98 Å². The second-order valence-electron chi connectivity index (χ2n) is 5.22. The van der Waals surface area contributed by atoms with Gasteiger partial charge in [0, 0.05) is 37.1 Å². The standard InChI is InChI=1S/C16H22N6O2/c1-4-8-12-11-14(21(5-2)6-3)19-16(18-12)20-15-13(22(23)24)9-7-10-17-15/h7,9-11H,4-6,8H2,1-3H3,(H,17,18,19,20). The quantitative estimate of drug-likeness (QED) is 0.585. The maximum absolute atomic E-state index is 11.1. The molecule has 0 amide bonds. The zero-order valence-corrected chi connectivity index (χ0v) is 14.2. The van der Waals surface area contributed by atoms with Crippen molar-refractivity contribution < 1.29 is 4.92 Å². The maximum Gasteiger partial charge on any atom is 0.311 e. The van der Waals surface area contributed by atoms with Crippen molar-refractivity contribution in [3.05, 3.63) is 40.2 Å². The van der Waals surface area contributed by atoms with E-state index in [1.807, 2.05) is 6.07 Å². The van der Waals surface area contributed by atoms with E-state index in [0.717, 1.165) is 37.4 Å². The summed E-state index contributed by atoms with van der Waals surface area (Å²) < 4.78 is 0. The van der Waals surface area contributed by atoms with Gasteiger partial charge in [0.05, 0.1) is 4.92 Å². The van der Waals surface area contributed by atoms with E-state index in [-0.39, 0.29) is 11.5 Å². The molecule has 2 rings (SSSR count). The Kier molecular flexibility index (Phi) is 6.00. The first-order chi connectivity index (χ1) is 11.6. The fourth-order valence-electron chi connectivity index (χ4n) is 2.38. The molecule has 2 heterocycles. The monoisotopic (exact) mass is 330 g/mol. The van der Waals surface area contributed by atoms with E-state index >= 15 is 0 Å². The average Bonchev–Trinajstić information content (AvgIpc) is 2.56. The van der Waals surface area contributed by atoms with Crippen molar-refractivity contribution >= 4 is 23.3 Å². The number of nitrogens with one attached hydrogen (secondary N) is 1. The number of nitrogens with zero attached hydrogens (tertiary/aromatic N) is 5. The summed E-state index contributed by atoms with van der Waals surface area (Å²) in [4.78, 5) is 25.8. The molecule has 0 unspecified atom stereocenters. The Morgan fingerprint density at radius 2 is 2.00 bits per heavy atom. The van der Waals surface area contributed by atoms with Gasteiger partial charge in [-0.05, 0) is 26.3 Å². The van der Waals surface area contributed by atoms with E-state index in [0.29, 0.717) is 5.95 Å². The number of rotatable bonds is 8. The number of aromatic nitrogens is 3. The predicted molar refractivity (Wildman–Crippen MR) is 93.8 cm³/mol. The molecule has 0 aliphatic rings. The van der Waals surface area contributed by atoms with Gasteiger partial charge >= 0.3 is 5.69 Å². The minimum Gasteiger partial charge on any atom is -0.357 e. The van der Waals surface area contributed by atoms with Gasteiger partial charge in [-0.1, -0.05) is 13.3 Å². The molecule has 0 spiro atoms. The van der Waals surface area contributed by atoms with Crippen LogP contribution in [0.15, 0.2) is 24.4 Å². The lowest BCUT2D eigenvalue weighted by Gasteiger charge is -2.21. The van der Waals surface area contributed by atoms with Gasteiger partial charge in [0.2, 0.25) is 11.8 Å². The zero-order valence-electron chi connectivity index (χ0n) is 14.2. The minimum absolute atomic E-state index is 0.105. The molecule has 0 saturated heterocycles. The molecule has 1 N–H and O–H groups in total. The van der Waals surface area contributed by atoms with Crippen LogP contribution in [-0.2, 0) is 6.42 Å². The van der Waals surface area contributed by atoms with Crippen molar-refractivity contribution in [3.8, 4) is 0 Å². The lowest BCUT2D eigenvalue weighted by atomic mass is 10.2. The Balaban J connectivity index is 2.40. The van der Waals surface area contributed by atoms with Crippen LogP contribution in [0.25, 0.3) is 0 Å². The summed E-state index contributed by atoms with van der Waals surface area (Å²) in [6.45, 7) is 7.84. The highest BCUT2D eigenvalue weighted by atomic mass is 16.6. The minimum atomic E-state index is -0.476. The summed E-state index contributed by atoms with van der Waals surface area (Å²) >= 11 is 0. The van der Waals surface area contributed by atoms with Crippen LogP contribution in [0.4, 0.5) is 23.3 Å². The third-order valence-electron chi connectivity index (χ3n) is 3.57. The number of pyridine rings is 1. The first-order valence-electron chi connectivity index (χ1n) is 8.08. The van der Waals surface area contributed by atoms with Crippen LogP contribution in [0.5, 0.6) is 0 Å². The first-order valence-corrected chi connectivity index (χ1v) is 8.08. The summed E-state index contributed by atoms with van der Waals surface area (Å²) in [7, 11) is 0. The van der Waals surface area contributed by atoms with Crippen molar-refractivity contribution in [2.75, 3.05) is 23.3 Å².